The van der Waals surface area contributed by atoms with Gasteiger partial charge in [0.05, 0.1) is 12.6 Å². The molecular formula is C30H28BrN3O5. The zero-order valence-electron chi connectivity index (χ0n) is 21.3. The highest BCUT2D eigenvalue weighted by Crippen LogP contribution is 2.32. The average Bonchev–Trinajstić information content (AvgIpc) is 3.50. The Morgan fingerprint density at radius 1 is 1.03 bits per heavy atom. The Morgan fingerprint density at radius 3 is 2.49 bits per heavy atom. The molecule has 0 saturated carbocycles. The number of nitrogens with one attached hydrogen (secondary N) is 1. The maximum absolute atomic E-state index is 13.9. The molecule has 0 aromatic heterocycles. The van der Waals surface area contributed by atoms with Crippen LogP contribution < -0.4 is 5.32 Å². The molecule has 2 N–H and O–H groups in total. The van der Waals surface area contributed by atoms with Crippen LogP contribution in [0.4, 0.5) is 0 Å². The summed E-state index contributed by atoms with van der Waals surface area (Å²) in [5, 5.41) is 12.5. The van der Waals surface area contributed by atoms with Crippen molar-refractivity contribution in [1.29, 1.82) is 0 Å². The Labute approximate surface area is 234 Å². The summed E-state index contributed by atoms with van der Waals surface area (Å²) < 4.78 is 0.730. The molecule has 9 heteroatoms. The number of fused-ring (bicyclic) bond motifs is 1. The van der Waals surface area contributed by atoms with Gasteiger partial charge in [-0.15, -0.1) is 0 Å². The molecule has 2 heterocycles. The molecule has 0 radical (unpaired) electrons. The van der Waals surface area contributed by atoms with E-state index in [9.17, 15) is 24.3 Å². The first kappa shape index (κ1) is 26.6. The minimum Gasteiger partial charge on any atom is -0.508 e. The number of nitrogens with zero attached hydrogens (tertiary/aromatic N) is 2. The molecule has 3 atom stereocenters. The monoisotopic (exact) mass is 589 g/mol. The van der Waals surface area contributed by atoms with Crippen LogP contribution in [0.5, 0.6) is 5.75 Å². The fourth-order valence-electron chi connectivity index (χ4n) is 5.45. The van der Waals surface area contributed by atoms with Gasteiger partial charge in [0.25, 0.3) is 11.8 Å². The van der Waals surface area contributed by atoms with Crippen LogP contribution in [0.15, 0.2) is 77.3 Å². The van der Waals surface area contributed by atoms with E-state index in [1.165, 1.54) is 17.0 Å². The van der Waals surface area contributed by atoms with Gasteiger partial charge in [0.1, 0.15) is 17.8 Å². The van der Waals surface area contributed by atoms with Gasteiger partial charge in [-0.05, 0) is 60.9 Å². The van der Waals surface area contributed by atoms with Crippen LogP contribution in [0.1, 0.15) is 38.3 Å². The van der Waals surface area contributed by atoms with Crippen molar-refractivity contribution in [3.8, 4) is 5.75 Å². The zero-order valence-corrected chi connectivity index (χ0v) is 22.9. The van der Waals surface area contributed by atoms with E-state index in [0.29, 0.717) is 24.1 Å². The third kappa shape index (κ3) is 5.45. The number of likely N-dealkylation sites (tertiary alicyclic amines) is 2. The van der Waals surface area contributed by atoms with Crippen molar-refractivity contribution in [2.45, 2.75) is 37.9 Å². The van der Waals surface area contributed by atoms with Gasteiger partial charge < -0.3 is 20.2 Å². The van der Waals surface area contributed by atoms with Gasteiger partial charge in [-0.2, -0.15) is 0 Å². The number of aromatic hydroxyl groups is 1. The van der Waals surface area contributed by atoms with E-state index in [1.54, 1.807) is 53.4 Å². The second-order valence-electron chi connectivity index (χ2n) is 9.95. The lowest BCUT2D eigenvalue weighted by Crippen LogP contribution is -2.53. The van der Waals surface area contributed by atoms with Crippen molar-refractivity contribution in [2.75, 3.05) is 13.1 Å². The number of carbonyl (C=O) groups excluding carboxylic acids is 4. The summed E-state index contributed by atoms with van der Waals surface area (Å²) in [4.78, 5) is 56.7. The summed E-state index contributed by atoms with van der Waals surface area (Å²) in [6.45, 7) is 2.10. The fourth-order valence-corrected chi connectivity index (χ4v) is 5.85. The van der Waals surface area contributed by atoms with Crippen LogP contribution in [0.2, 0.25) is 0 Å². The second kappa shape index (κ2) is 11.0. The molecule has 2 fully saturated rings. The molecule has 2 saturated heterocycles. The first-order valence-electron chi connectivity index (χ1n) is 12.8. The third-order valence-electron chi connectivity index (χ3n) is 7.41. The summed E-state index contributed by atoms with van der Waals surface area (Å²) >= 11 is 3.37. The van der Waals surface area contributed by atoms with E-state index in [1.807, 2.05) is 19.1 Å². The molecule has 2 aliphatic rings. The molecule has 0 aliphatic carbocycles. The number of phenols is 1. The fraction of sp³-hybridized carbons (Fsp3) is 0.267. The van der Waals surface area contributed by atoms with E-state index < -0.39 is 24.0 Å². The Morgan fingerprint density at radius 2 is 1.77 bits per heavy atom. The minimum absolute atomic E-state index is 0.0562. The van der Waals surface area contributed by atoms with Crippen LogP contribution in [-0.4, -0.2) is 69.6 Å². The van der Waals surface area contributed by atoms with E-state index in [2.05, 4.69) is 21.2 Å². The van der Waals surface area contributed by atoms with Crippen LogP contribution in [0.25, 0.3) is 0 Å². The summed E-state index contributed by atoms with van der Waals surface area (Å²) in [7, 11) is 0. The molecule has 5 rings (SSSR count). The van der Waals surface area contributed by atoms with Crippen LogP contribution >= 0.6 is 15.9 Å². The highest BCUT2D eigenvalue weighted by molar-refractivity contribution is 9.10. The molecular weight excluding hydrogens is 562 g/mol. The first-order chi connectivity index (χ1) is 18.7. The van der Waals surface area contributed by atoms with E-state index >= 15 is 0 Å². The van der Waals surface area contributed by atoms with Gasteiger partial charge in [-0.1, -0.05) is 52.3 Å². The smallest absolute Gasteiger partial charge is 0.254 e. The predicted octanol–water partition coefficient (Wildman–Crippen LogP) is 3.50. The Hall–Kier alpha value is -3.98. The van der Waals surface area contributed by atoms with Crippen molar-refractivity contribution < 1.29 is 24.3 Å². The number of benzene rings is 3. The van der Waals surface area contributed by atoms with Gasteiger partial charge in [0.2, 0.25) is 5.91 Å². The van der Waals surface area contributed by atoms with Crippen LogP contribution in [0, 0.1) is 6.92 Å². The number of ketones is 1. The first-order valence-corrected chi connectivity index (χ1v) is 13.6. The number of aryl methyl sites for hydroxylation is 1. The van der Waals surface area contributed by atoms with Gasteiger partial charge >= 0.3 is 0 Å². The second-order valence-corrected chi connectivity index (χ2v) is 10.9. The summed E-state index contributed by atoms with van der Waals surface area (Å²) in [6.07, 6.45) is 0.651. The Balaban J connectivity index is 1.39. The van der Waals surface area contributed by atoms with Gasteiger partial charge in [0.15, 0.2) is 5.78 Å². The maximum Gasteiger partial charge on any atom is 0.254 e. The molecule has 3 aromatic carbocycles. The molecule has 0 spiro atoms. The number of rotatable bonds is 6. The zero-order chi connectivity index (χ0) is 27.7. The van der Waals surface area contributed by atoms with Crippen molar-refractivity contribution >= 4 is 39.4 Å². The third-order valence-corrected chi connectivity index (χ3v) is 7.90. The van der Waals surface area contributed by atoms with Gasteiger partial charge in [-0.25, -0.2) is 0 Å². The van der Waals surface area contributed by atoms with Crippen molar-refractivity contribution in [1.82, 2.24) is 15.1 Å². The van der Waals surface area contributed by atoms with E-state index in [-0.39, 0.29) is 36.3 Å². The largest absolute Gasteiger partial charge is 0.508 e. The highest BCUT2D eigenvalue weighted by Gasteiger charge is 2.52. The number of amides is 3. The molecule has 2 aliphatic heterocycles. The number of carbonyl (C=O) groups is 4. The number of hydrogen-bond acceptors (Lipinski definition) is 5. The lowest BCUT2D eigenvalue weighted by Gasteiger charge is -2.28. The van der Waals surface area contributed by atoms with Gasteiger partial charge in [0, 0.05) is 28.6 Å². The van der Waals surface area contributed by atoms with Crippen molar-refractivity contribution in [2.24, 2.45) is 0 Å². The van der Waals surface area contributed by atoms with E-state index in [4.69, 9.17) is 0 Å². The minimum atomic E-state index is -0.950. The van der Waals surface area contributed by atoms with E-state index in [0.717, 1.165) is 15.6 Å². The number of halogens is 1. The Bertz CT molecular complexity index is 1440. The van der Waals surface area contributed by atoms with Crippen LogP contribution in [0.3, 0.4) is 0 Å². The number of phenolic OH excluding ortho intramolecular Hbond substituents is 1. The van der Waals surface area contributed by atoms with Crippen molar-refractivity contribution in [3.05, 3.63) is 99.5 Å². The summed E-state index contributed by atoms with van der Waals surface area (Å²) in [5.41, 5.74) is 2.50. The van der Waals surface area contributed by atoms with Gasteiger partial charge in [-0.3, -0.25) is 19.2 Å². The quantitative estimate of drug-likeness (QED) is 0.457. The number of Topliss-reactive ketones (excluding diaryl/α,β-unsaturated/α-hetero) is 1. The molecule has 3 amide bonds. The van der Waals surface area contributed by atoms with Crippen LogP contribution in [-0.2, 0) is 16.0 Å². The molecule has 0 bridgehead atoms. The Kier molecular flexibility index (Phi) is 7.52. The van der Waals surface area contributed by atoms with Crippen molar-refractivity contribution in [3.63, 3.8) is 0 Å². The molecule has 3 aromatic rings. The SMILES string of the molecule is Cc1ccccc1C(=O)N1CC(=O)C2C1CCN2C(=O)[C@H](Cc1ccc(O)cc1)NC(=O)c1cccc(Br)c1. The lowest BCUT2D eigenvalue weighted by molar-refractivity contribution is -0.138. The normalized spacial score (nSPS) is 19.1. The predicted molar refractivity (Wildman–Crippen MR) is 148 cm³/mol. The maximum atomic E-state index is 13.9. The topological polar surface area (TPSA) is 107 Å². The summed E-state index contributed by atoms with van der Waals surface area (Å²) in [5.74, 6) is -1.10. The average molecular weight is 590 g/mol. The standard InChI is InChI=1S/C30H28BrN3O5/c1-18-5-2-3-8-23(18)29(38)34-17-26(36)27-25(34)13-14-33(27)30(39)24(15-19-9-11-22(35)12-10-19)32-28(37)20-6-4-7-21(31)16-20/h2-12,16,24-25,27,35H,13-15,17H2,1H3,(H,32,37)/t24-,25?,27?/m0/s1. The molecule has 8 nitrogen and oxygen atoms in total. The molecule has 2 unspecified atom stereocenters. The number of hydrogen-bond donors (Lipinski definition) is 2. The summed E-state index contributed by atoms with van der Waals surface area (Å²) in [6, 6.07) is 18.4. The highest BCUT2D eigenvalue weighted by atomic mass is 79.9. The molecule has 39 heavy (non-hydrogen) atoms. The lowest BCUT2D eigenvalue weighted by atomic mass is 10.0. The molecule has 200 valence electrons.